The van der Waals surface area contributed by atoms with Gasteiger partial charge >= 0.3 is 0 Å². The summed E-state index contributed by atoms with van der Waals surface area (Å²) in [6.07, 6.45) is 4.06. The molecular formula is C18H23NO2. The molecule has 2 aromatic rings. The first kappa shape index (κ1) is 15.4. The Morgan fingerprint density at radius 3 is 2.86 bits per heavy atom. The largest absolute Gasteiger partial charge is 0.488 e. The topological polar surface area (TPSA) is 34.4 Å². The zero-order valence-electron chi connectivity index (χ0n) is 13.0. The highest BCUT2D eigenvalue weighted by Crippen LogP contribution is 2.22. The number of hydrogen-bond acceptors (Lipinski definition) is 3. The summed E-state index contributed by atoms with van der Waals surface area (Å²) < 4.78 is 11.7. The Balaban J connectivity index is 2.04. The van der Waals surface area contributed by atoms with Gasteiger partial charge < -0.3 is 14.5 Å². The number of hydrogen-bond donors (Lipinski definition) is 1. The van der Waals surface area contributed by atoms with Crippen LogP contribution >= 0.6 is 0 Å². The van der Waals surface area contributed by atoms with Crippen molar-refractivity contribution in [3.05, 3.63) is 59.1 Å². The minimum atomic E-state index is 0.524. The number of benzene rings is 1. The minimum Gasteiger partial charge on any atom is -0.488 e. The molecule has 0 amide bonds. The van der Waals surface area contributed by atoms with E-state index in [-0.39, 0.29) is 0 Å². The summed E-state index contributed by atoms with van der Waals surface area (Å²) in [5.74, 6) is 2.77. The third kappa shape index (κ3) is 4.23. The Bertz CT molecular complexity index is 599. The zero-order valence-corrected chi connectivity index (χ0v) is 13.0. The summed E-state index contributed by atoms with van der Waals surface area (Å²) in [5, 5.41) is 3.26. The molecule has 0 aliphatic rings. The van der Waals surface area contributed by atoms with E-state index in [4.69, 9.17) is 9.15 Å². The lowest BCUT2D eigenvalue weighted by Gasteiger charge is -2.08. The van der Waals surface area contributed by atoms with Crippen LogP contribution in [-0.4, -0.2) is 6.54 Å². The smallest absolute Gasteiger partial charge is 0.127 e. The van der Waals surface area contributed by atoms with Crippen LogP contribution in [0.25, 0.3) is 6.08 Å². The molecule has 0 aliphatic carbocycles. The van der Waals surface area contributed by atoms with Crippen molar-refractivity contribution in [3.63, 3.8) is 0 Å². The molecule has 0 atom stereocenters. The quantitative estimate of drug-likeness (QED) is 0.823. The molecule has 3 heteroatoms. The van der Waals surface area contributed by atoms with Gasteiger partial charge in [-0.1, -0.05) is 37.3 Å². The molecule has 0 bridgehead atoms. The molecule has 21 heavy (non-hydrogen) atoms. The maximum Gasteiger partial charge on any atom is 0.127 e. The first-order valence-corrected chi connectivity index (χ1v) is 7.38. The molecule has 0 radical (unpaired) electrons. The molecule has 1 aromatic heterocycles. The number of rotatable bonds is 7. The van der Waals surface area contributed by atoms with E-state index in [1.165, 1.54) is 0 Å². The molecule has 0 spiro atoms. The lowest BCUT2D eigenvalue weighted by molar-refractivity contribution is 0.302. The average molecular weight is 285 g/mol. The Hall–Kier alpha value is -2.00. The van der Waals surface area contributed by atoms with Crippen molar-refractivity contribution in [2.45, 2.75) is 33.9 Å². The van der Waals surface area contributed by atoms with Gasteiger partial charge in [0.05, 0.1) is 6.54 Å². The van der Waals surface area contributed by atoms with Gasteiger partial charge in [0.2, 0.25) is 0 Å². The maximum absolute atomic E-state index is 5.94. The van der Waals surface area contributed by atoms with Gasteiger partial charge in [-0.3, -0.25) is 0 Å². The average Bonchev–Trinajstić information content (AvgIpc) is 2.85. The van der Waals surface area contributed by atoms with Crippen LogP contribution in [-0.2, 0) is 13.2 Å². The normalized spacial score (nSPS) is 11.2. The number of nitrogens with one attached hydrogen (secondary N) is 1. The Kier molecular flexibility index (Phi) is 5.64. The molecule has 3 nitrogen and oxygen atoms in total. The summed E-state index contributed by atoms with van der Waals surface area (Å²) in [5.41, 5.74) is 2.19. The summed E-state index contributed by atoms with van der Waals surface area (Å²) in [6, 6.07) is 10.1. The predicted octanol–water partition coefficient (Wildman–Crippen LogP) is 4.31. The summed E-state index contributed by atoms with van der Waals surface area (Å²) in [7, 11) is 0. The highest BCUT2D eigenvalue weighted by Gasteiger charge is 2.08. The molecule has 112 valence electrons. The lowest BCUT2D eigenvalue weighted by atomic mass is 10.2. The van der Waals surface area contributed by atoms with Gasteiger partial charge in [0.1, 0.15) is 23.9 Å². The second kappa shape index (κ2) is 7.70. The Morgan fingerprint density at radius 1 is 1.29 bits per heavy atom. The van der Waals surface area contributed by atoms with E-state index in [1.54, 1.807) is 0 Å². The highest BCUT2D eigenvalue weighted by molar-refractivity contribution is 5.56. The molecule has 0 saturated carbocycles. The molecule has 2 rings (SSSR count). The zero-order chi connectivity index (χ0) is 15.1. The van der Waals surface area contributed by atoms with Gasteiger partial charge in [0.15, 0.2) is 0 Å². The monoisotopic (exact) mass is 285 g/mol. The van der Waals surface area contributed by atoms with Gasteiger partial charge in [-0.05, 0) is 32.5 Å². The van der Waals surface area contributed by atoms with E-state index >= 15 is 0 Å². The molecule has 1 heterocycles. The first-order valence-electron chi connectivity index (χ1n) is 7.38. The standard InChI is InChI=1S/C18H23NO2/c1-4-8-15-9-6-7-10-18(15)20-13-16-11-17(12-19-5-2)21-14(16)3/h4,6-11,19H,5,12-13H2,1-3H3. The molecule has 1 aromatic carbocycles. The van der Waals surface area contributed by atoms with Crippen LogP contribution < -0.4 is 10.1 Å². The van der Waals surface area contributed by atoms with Crippen molar-refractivity contribution < 1.29 is 9.15 Å². The van der Waals surface area contributed by atoms with E-state index in [0.717, 1.165) is 41.5 Å². The SMILES string of the molecule is CC=Cc1ccccc1OCc1cc(CNCC)oc1C. The molecule has 0 aliphatic heterocycles. The van der Waals surface area contributed by atoms with Crippen LogP contribution in [0.5, 0.6) is 5.75 Å². The fourth-order valence-corrected chi connectivity index (χ4v) is 2.15. The van der Waals surface area contributed by atoms with Gasteiger partial charge in [-0.2, -0.15) is 0 Å². The summed E-state index contributed by atoms with van der Waals surface area (Å²) in [6.45, 7) is 8.28. The minimum absolute atomic E-state index is 0.524. The van der Waals surface area contributed by atoms with E-state index in [1.807, 2.05) is 50.3 Å². The van der Waals surface area contributed by atoms with E-state index in [9.17, 15) is 0 Å². The van der Waals surface area contributed by atoms with Gasteiger partial charge in [0.25, 0.3) is 0 Å². The van der Waals surface area contributed by atoms with Crippen molar-refractivity contribution in [3.8, 4) is 5.75 Å². The van der Waals surface area contributed by atoms with Crippen LogP contribution in [0.15, 0.2) is 40.8 Å². The molecular weight excluding hydrogens is 262 g/mol. The number of ether oxygens (including phenoxy) is 1. The second-order valence-corrected chi connectivity index (χ2v) is 4.90. The Labute approximate surface area is 126 Å². The second-order valence-electron chi connectivity index (χ2n) is 4.90. The third-order valence-electron chi connectivity index (χ3n) is 3.27. The van der Waals surface area contributed by atoms with Crippen LogP contribution in [0.1, 0.15) is 36.5 Å². The molecule has 0 fully saturated rings. The number of aryl methyl sites for hydroxylation is 1. The number of para-hydroxylation sites is 1. The molecule has 1 N–H and O–H groups in total. The maximum atomic E-state index is 5.94. The van der Waals surface area contributed by atoms with Crippen LogP contribution in [0, 0.1) is 6.92 Å². The predicted molar refractivity (Wildman–Crippen MR) is 86.3 cm³/mol. The van der Waals surface area contributed by atoms with Crippen molar-refractivity contribution >= 4 is 6.08 Å². The van der Waals surface area contributed by atoms with Crippen molar-refractivity contribution in [2.24, 2.45) is 0 Å². The van der Waals surface area contributed by atoms with E-state index in [2.05, 4.69) is 18.3 Å². The summed E-state index contributed by atoms with van der Waals surface area (Å²) >= 11 is 0. The van der Waals surface area contributed by atoms with Gasteiger partial charge in [-0.25, -0.2) is 0 Å². The molecule has 0 unspecified atom stereocenters. The first-order chi connectivity index (χ1) is 10.2. The van der Waals surface area contributed by atoms with E-state index < -0.39 is 0 Å². The van der Waals surface area contributed by atoms with Gasteiger partial charge in [-0.15, -0.1) is 0 Å². The van der Waals surface area contributed by atoms with Crippen molar-refractivity contribution in [1.29, 1.82) is 0 Å². The van der Waals surface area contributed by atoms with Crippen LogP contribution in [0.2, 0.25) is 0 Å². The van der Waals surface area contributed by atoms with Crippen molar-refractivity contribution in [2.75, 3.05) is 6.54 Å². The Morgan fingerprint density at radius 2 is 2.10 bits per heavy atom. The highest BCUT2D eigenvalue weighted by atomic mass is 16.5. The van der Waals surface area contributed by atoms with E-state index in [0.29, 0.717) is 6.61 Å². The lowest BCUT2D eigenvalue weighted by Crippen LogP contribution is -2.10. The third-order valence-corrected chi connectivity index (χ3v) is 3.27. The van der Waals surface area contributed by atoms with Crippen LogP contribution in [0.3, 0.4) is 0 Å². The molecule has 0 saturated heterocycles. The van der Waals surface area contributed by atoms with Crippen molar-refractivity contribution in [1.82, 2.24) is 5.32 Å². The summed E-state index contributed by atoms with van der Waals surface area (Å²) in [4.78, 5) is 0. The van der Waals surface area contributed by atoms with Crippen LogP contribution in [0.4, 0.5) is 0 Å². The number of furan rings is 1. The fourth-order valence-electron chi connectivity index (χ4n) is 2.15. The fraction of sp³-hybridized carbons (Fsp3) is 0.333. The number of allylic oxidation sites excluding steroid dienone is 1. The van der Waals surface area contributed by atoms with Gasteiger partial charge in [0, 0.05) is 11.1 Å².